The predicted molar refractivity (Wildman–Crippen MR) is 289 cm³/mol. The number of aliphatic hydroxyl groups is 2. The van der Waals surface area contributed by atoms with Gasteiger partial charge >= 0.3 is 22.5 Å². The number of imide groups is 1. The van der Waals surface area contributed by atoms with Crippen LogP contribution >= 0.6 is 0 Å². The summed E-state index contributed by atoms with van der Waals surface area (Å²) in [6.07, 6.45) is -3.50. The van der Waals surface area contributed by atoms with Crippen LogP contribution in [0.25, 0.3) is 16.8 Å². The minimum atomic E-state index is -4.60. The number of likely N-dealkylation sites (tertiary alicyclic amines) is 1. The number of ether oxygens (including phenoxy) is 3. The first-order valence-corrected chi connectivity index (χ1v) is 27.7. The number of primary amides is 1. The third-order valence-electron chi connectivity index (χ3n) is 13.8. The van der Waals surface area contributed by atoms with Gasteiger partial charge in [0.2, 0.25) is 29.4 Å². The normalized spacial score (nSPS) is 19.1. The molecular weight excluding hydrogens is 1090 g/mol. The van der Waals surface area contributed by atoms with E-state index in [2.05, 4.69) is 25.5 Å². The highest BCUT2D eigenvalue weighted by molar-refractivity contribution is 7.84. The van der Waals surface area contributed by atoms with Gasteiger partial charge in [-0.05, 0) is 60.6 Å². The fraction of sp³-hybridized carbons (Fsp3) is 0.519. The summed E-state index contributed by atoms with van der Waals surface area (Å²) in [6, 6.07) is 12.6. The largest absolute Gasteiger partial charge is 0.416 e. The van der Waals surface area contributed by atoms with Crippen LogP contribution in [-0.2, 0) is 65.4 Å². The summed E-state index contributed by atoms with van der Waals surface area (Å²) < 4.78 is 88.9. The number of nitrogens with two attached hydrogens (primary N) is 2. The van der Waals surface area contributed by atoms with Crippen molar-refractivity contribution in [1.82, 2.24) is 19.9 Å². The van der Waals surface area contributed by atoms with Crippen molar-refractivity contribution < 1.29 is 83.5 Å². The molecule has 2 fully saturated rings. The van der Waals surface area contributed by atoms with Gasteiger partial charge in [0.1, 0.15) is 18.8 Å². The van der Waals surface area contributed by atoms with Gasteiger partial charge in [-0.15, -0.1) is 0 Å². The second kappa shape index (κ2) is 29.9. The molecule has 27 heteroatoms. The molecule has 2 aliphatic rings. The van der Waals surface area contributed by atoms with Crippen molar-refractivity contribution in [1.29, 1.82) is 0 Å². The van der Waals surface area contributed by atoms with Crippen molar-refractivity contribution in [3.8, 4) is 11.1 Å². The van der Waals surface area contributed by atoms with Gasteiger partial charge in [0.25, 0.3) is 5.65 Å². The molecule has 1 aliphatic heterocycles. The molecule has 0 bridgehead atoms. The predicted octanol–water partition coefficient (Wildman–Crippen LogP) is 3.09. The number of ketones is 1. The molecule has 2 aromatic carbocycles. The molecule has 7 atom stereocenters. The number of Topliss-reactive ketones (excluding diaryl/α,β-unsaturated/α-hetero) is 1. The van der Waals surface area contributed by atoms with E-state index in [0.717, 1.165) is 17.7 Å². The Balaban J connectivity index is 0.0000120. The molecule has 6 rings (SSSR count). The number of urea groups is 1. The number of fused-ring (bicyclic) bond motifs is 1. The van der Waals surface area contributed by atoms with Gasteiger partial charge in [-0.3, -0.25) is 33.1 Å². The smallest absolute Gasteiger partial charge is 0.390 e. The van der Waals surface area contributed by atoms with E-state index in [1.54, 1.807) is 74.0 Å². The van der Waals surface area contributed by atoms with E-state index in [-0.39, 0.29) is 134 Å². The Kier molecular flexibility index (Phi) is 24.1. The van der Waals surface area contributed by atoms with Crippen molar-refractivity contribution >= 4 is 62.9 Å². The Bertz CT molecular complexity index is 2910. The van der Waals surface area contributed by atoms with Gasteiger partial charge in [-0.2, -0.15) is 26.0 Å². The van der Waals surface area contributed by atoms with Crippen LogP contribution < -0.4 is 36.7 Å². The lowest BCUT2D eigenvalue weighted by atomic mass is 9.89. The van der Waals surface area contributed by atoms with Crippen molar-refractivity contribution in [3.63, 3.8) is 0 Å². The average Bonchev–Trinajstić information content (AvgIpc) is 4.04. The number of rotatable bonds is 31. The number of aromatic nitrogens is 2. The Hall–Kier alpha value is -6.59. The summed E-state index contributed by atoms with van der Waals surface area (Å²) in [7, 11) is -4.32. The quantitative estimate of drug-likeness (QED) is 0.0155. The highest BCUT2D eigenvalue weighted by Crippen LogP contribution is 2.34. The monoisotopic (exact) mass is 1160 g/mol. The van der Waals surface area contributed by atoms with E-state index >= 15 is 0 Å². The number of hydrogen-bond donors (Lipinski definition) is 8. The second-order valence-corrected chi connectivity index (χ2v) is 21.4. The molecule has 6 amide bonds. The van der Waals surface area contributed by atoms with Crippen LogP contribution in [0.2, 0.25) is 0 Å². The minimum Gasteiger partial charge on any atom is -0.390 e. The van der Waals surface area contributed by atoms with Crippen LogP contribution in [0.3, 0.4) is 0 Å². The van der Waals surface area contributed by atoms with Crippen LogP contribution in [0, 0.1) is 31.1 Å². The van der Waals surface area contributed by atoms with E-state index < -0.39 is 82.6 Å². The van der Waals surface area contributed by atoms with Crippen molar-refractivity contribution in [2.24, 2.45) is 34.5 Å². The molecule has 1 unspecified atom stereocenters. The summed E-state index contributed by atoms with van der Waals surface area (Å²) in [6.45, 7) is 6.49. The maximum atomic E-state index is 13.9. The fourth-order valence-electron chi connectivity index (χ4n) is 9.47. The van der Waals surface area contributed by atoms with Crippen LogP contribution in [0.15, 0.2) is 73.1 Å². The molecule has 0 spiro atoms. The SMILES string of the molecule is CC1CC(=O)N(CCOCCOCCOCCC(=O)N[C@H](C(=O)C[C@@H](CCCNC(N)=O)C(=O)Nc2ccc(C[n+]3ccc(N[C@@H]4C[C@H](COS(N)(=O)=O)[C@@H](O)[C@H]4O)n4cc(-c5cccc(C(F)(F)F)c5)cc43)cc2)C(C)C)C1=O.[CH3-]. The van der Waals surface area contributed by atoms with Gasteiger partial charge in [0, 0.05) is 66.9 Å². The van der Waals surface area contributed by atoms with Crippen LogP contribution in [0.4, 0.5) is 29.5 Å². The second-order valence-electron chi connectivity index (χ2n) is 20.2. The van der Waals surface area contributed by atoms with Crippen LogP contribution in [0.1, 0.15) is 70.4 Å². The van der Waals surface area contributed by atoms with Gasteiger partial charge in [0.05, 0.1) is 82.7 Å². The summed E-state index contributed by atoms with van der Waals surface area (Å²) >= 11 is 0. The molecule has 1 saturated carbocycles. The highest BCUT2D eigenvalue weighted by atomic mass is 32.2. The highest BCUT2D eigenvalue weighted by Gasteiger charge is 2.43. The number of aliphatic hydroxyl groups excluding tert-OH is 2. The minimum absolute atomic E-state index is 0. The fourth-order valence-corrected chi connectivity index (χ4v) is 9.84. The molecule has 23 nitrogen and oxygen atoms in total. The lowest BCUT2D eigenvalue weighted by Crippen LogP contribution is -2.45. The molecule has 446 valence electrons. The van der Waals surface area contributed by atoms with E-state index in [1.807, 2.05) is 4.57 Å². The summed E-state index contributed by atoms with van der Waals surface area (Å²) in [5.41, 5.74) is 6.74. The molecule has 10 N–H and O–H groups in total. The van der Waals surface area contributed by atoms with E-state index in [9.17, 15) is 60.6 Å². The first kappa shape index (κ1) is 65.2. The first-order valence-electron chi connectivity index (χ1n) is 26.2. The van der Waals surface area contributed by atoms with Crippen molar-refractivity contribution in [3.05, 3.63) is 91.6 Å². The van der Waals surface area contributed by atoms with Gasteiger partial charge in [0.15, 0.2) is 5.78 Å². The number of benzene rings is 2. The zero-order valence-electron chi connectivity index (χ0n) is 45.7. The molecule has 1 aliphatic carbocycles. The zero-order valence-corrected chi connectivity index (χ0v) is 46.5. The lowest BCUT2D eigenvalue weighted by molar-refractivity contribution is -0.665. The Morgan fingerprint density at radius 2 is 1.59 bits per heavy atom. The van der Waals surface area contributed by atoms with Gasteiger partial charge in [-0.1, -0.05) is 45.0 Å². The van der Waals surface area contributed by atoms with Crippen LogP contribution in [-0.4, -0.2) is 147 Å². The summed E-state index contributed by atoms with van der Waals surface area (Å²) in [4.78, 5) is 77.3. The molecule has 0 radical (unpaired) electrons. The standard InChI is InChI=1S/C53H70F3N9O14S.CH3/c1-32(2)47(62-44(67)14-18-76-20-22-78-23-21-77-19-17-64-46(68)24-33(3)51(64)72)42(66)27-36(7-5-15-59-52(57)73)50(71)60-40-11-9-34(10-12-40)29-63-16-13-43(61-41-26-38(48(69)49(41)70)31-79-80(58,74)75)65-30-37(28-45(63)65)35-6-4-8-39(25-35)53(54,55)56;/h4,6,8-13,16,25,28,30,32-33,36,38,41,47-49,69-70H,5,7,14-15,17-24,26-27,29,31H2,1-3H3,(H7,57,58,59,60,62,67,71,73,74,75);1H3/q;-1/p+1/t33?,36-,38-,41-,47+,48-,49+;/m1./s1. The van der Waals surface area contributed by atoms with Crippen molar-refractivity contribution in [2.75, 3.05) is 70.0 Å². The molecule has 3 heterocycles. The number of anilines is 2. The van der Waals surface area contributed by atoms with Crippen LogP contribution in [0.5, 0.6) is 0 Å². The van der Waals surface area contributed by atoms with E-state index in [0.29, 0.717) is 29.1 Å². The number of halogens is 3. The van der Waals surface area contributed by atoms with Crippen molar-refractivity contribution in [2.45, 2.75) is 96.3 Å². The number of nitrogens with one attached hydrogen (secondary N) is 4. The number of alkyl halides is 3. The number of carbonyl (C=O) groups excluding carboxylic acids is 6. The van der Waals surface area contributed by atoms with Gasteiger partial charge < -0.3 is 58.9 Å². The van der Waals surface area contributed by atoms with E-state index in [4.69, 9.17) is 25.1 Å². The maximum Gasteiger partial charge on any atom is 0.416 e. The molecule has 2 aromatic heterocycles. The lowest BCUT2D eigenvalue weighted by Gasteiger charge is -2.24. The first-order chi connectivity index (χ1) is 37.9. The third kappa shape index (κ3) is 19.3. The third-order valence-corrected chi connectivity index (χ3v) is 14.2. The topological polar surface area (TPSA) is 326 Å². The number of nitrogens with zero attached hydrogens (tertiary/aromatic N) is 3. The van der Waals surface area contributed by atoms with E-state index in [1.165, 1.54) is 17.0 Å². The molecule has 4 aromatic rings. The summed E-state index contributed by atoms with van der Waals surface area (Å²) in [5.74, 6) is -3.64. The van der Waals surface area contributed by atoms with Gasteiger partial charge in [-0.25, -0.2) is 14.5 Å². The number of hydrogen-bond acceptors (Lipinski definition) is 15. The zero-order chi connectivity index (χ0) is 58.3. The number of carbonyl (C=O) groups is 6. The molecule has 1 saturated heterocycles. The Morgan fingerprint density at radius 1 is 0.914 bits per heavy atom. The Morgan fingerprint density at radius 3 is 2.22 bits per heavy atom. The Labute approximate surface area is 468 Å². The average molecular weight is 1160 g/mol. The molecule has 81 heavy (non-hydrogen) atoms. The number of amides is 6. The summed E-state index contributed by atoms with van der Waals surface area (Å²) in [5, 5.41) is 38.0. The molecular formula is C54H74F3N9O14S. The maximum absolute atomic E-state index is 13.9.